The molecule has 0 aromatic heterocycles. The number of benzene rings is 2. The number of nitrogens with zero attached hydrogens (tertiary/aromatic N) is 1. The zero-order valence-electron chi connectivity index (χ0n) is 11.6. The van der Waals surface area contributed by atoms with Crippen LogP contribution in [0.15, 0.2) is 59.5 Å². The Kier molecular flexibility index (Phi) is 4.54. The molecule has 0 heterocycles. The van der Waals surface area contributed by atoms with Crippen molar-refractivity contribution in [3.63, 3.8) is 0 Å². The molecule has 2 rings (SSSR count). The summed E-state index contributed by atoms with van der Waals surface area (Å²) in [6.07, 6.45) is 0. The van der Waals surface area contributed by atoms with Crippen molar-refractivity contribution >= 4 is 10.0 Å². The molecule has 0 radical (unpaired) electrons. The molecule has 0 bridgehead atoms. The van der Waals surface area contributed by atoms with Crippen molar-refractivity contribution in [1.82, 2.24) is 9.84 Å². The van der Waals surface area contributed by atoms with E-state index >= 15 is 0 Å². The first-order chi connectivity index (χ1) is 9.47. The summed E-state index contributed by atoms with van der Waals surface area (Å²) < 4.78 is 24.4. The number of nitrogens with one attached hydrogen (secondary N) is 1. The van der Waals surface area contributed by atoms with Gasteiger partial charge in [0.15, 0.2) is 0 Å². The fourth-order valence-electron chi connectivity index (χ4n) is 1.86. The van der Waals surface area contributed by atoms with Gasteiger partial charge in [-0.2, -0.15) is 0 Å². The Balaban J connectivity index is 2.06. The van der Waals surface area contributed by atoms with Gasteiger partial charge in [-0.1, -0.05) is 48.0 Å². The first-order valence-corrected chi connectivity index (χ1v) is 7.80. The predicted molar refractivity (Wildman–Crippen MR) is 79.4 cm³/mol. The third-order valence-electron chi connectivity index (χ3n) is 2.87. The van der Waals surface area contributed by atoms with Crippen LogP contribution in [0, 0.1) is 6.92 Å². The lowest BCUT2D eigenvalue weighted by Crippen LogP contribution is -2.38. The first kappa shape index (κ1) is 14.7. The first-order valence-electron chi connectivity index (χ1n) is 6.31. The lowest BCUT2D eigenvalue weighted by atomic mass is 10.2. The van der Waals surface area contributed by atoms with Gasteiger partial charge in [0.25, 0.3) is 10.0 Å². The quantitative estimate of drug-likeness (QED) is 0.860. The molecule has 0 spiro atoms. The zero-order valence-corrected chi connectivity index (χ0v) is 12.4. The van der Waals surface area contributed by atoms with Crippen LogP contribution in [-0.2, 0) is 16.6 Å². The highest BCUT2D eigenvalue weighted by Gasteiger charge is 2.15. The number of hydrogen-bond acceptors (Lipinski definition) is 3. The van der Waals surface area contributed by atoms with Gasteiger partial charge in [-0.25, -0.2) is 13.4 Å². The van der Waals surface area contributed by atoms with Gasteiger partial charge >= 0.3 is 0 Å². The van der Waals surface area contributed by atoms with Crippen molar-refractivity contribution in [3.8, 4) is 0 Å². The Morgan fingerprint density at radius 3 is 2.20 bits per heavy atom. The van der Waals surface area contributed by atoms with Gasteiger partial charge in [0, 0.05) is 13.6 Å². The highest BCUT2D eigenvalue weighted by Crippen LogP contribution is 2.10. The molecular weight excluding hydrogens is 272 g/mol. The molecule has 1 N–H and O–H groups in total. The van der Waals surface area contributed by atoms with Gasteiger partial charge in [-0.05, 0) is 24.6 Å². The summed E-state index contributed by atoms with van der Waals surface area (Å²) in [7, 11) is -1.81. The minimum atomic E-state index is -3.52. The molecule has 0 atom stereocenters. The molecule has 0 unspecified atom stereocenters. The van der Waals surface area contributed by atoms with Crippen LogP contribution in [-0.4, -0.2) is 20.5 Å². The molecule has 20 heavy (non-hydrogen) atoms. The highest BCUT2D eigenvalue weighted by atomic mass is 32.2. The van der Waals surface area contributed by atoms with E-state index in [1.807, 2.05) is 37.3 Å². The Hall–Kier alpha value is -1.69. The number of hydrazine groups is 1. The maximum absolute atomic E-state index is 12.2. The molecule has 2 aromatic rings. The molecule has 0 saturated heterocycles. The summed E-state index contributed by atoms with van der Waals surface area (Å²) in [6.45, 7) is 2.43. The predicted octanol–water partition coefficient (Wildman–Crippen LogP) is 2.32. The summed E-state index contributed by atoms with van der Waals surface area (Å²) >= 11 is 0. The monoisotopic (exact) mass is 290 g/mol. The van der Waals surface area contributed by atoms with Gasteiger partial charge in [-0.15, -0.1) is 4.83 Å². The van der Waals surface area contributed by atoms with Gasteiger partial charge in [0.05, 0.1) is 4.90 Å². The molecule has 0 aliphatic rings. The third-order valence-corrected chi connectivity index (χ3v) is 4.31. The van der Waals surface area contributed by atoms with Crippen LogP contribution < -0.4 is 4.83 Å². The highest BCUT2D eigenvalue weighted by molar-refractivity contribution is 7.89. The summed E-state index contributed by atoms with van der Waals surface area (Å²) in [5.41, 5.74) is 2.07. The van der Waals surface area contributed by atoms with Gasteiger partial charge in [0.1, 0.15) is 0 Å². The molecule has 0 aliphatic carbocycles. The van der Waals surface area contributed by atoms with E-state index in [1.54, 1.807) is 36.3 Å². The largest absolute Gasteiger partial charge is 0.253 e. The van der Waals surface area contributed by atoms with E-state index in [0.29, 0.717) is 6.54 Å². The van der Waals surface area contributed by atoms with E-state index in [2.05, 4.69) is 4.83 Å². The lowest BCUT2D eigenvalue weighted by molar-refractivity contribution is 0.289. The average molecular weight is 290 g/mol. The maximum atomic E-state index is 12.2. The van der Waals surface area contributed by atoms with Crippen LogP contribution in [0.25, 0.3) is 0 Å². The number of sulfonamides is 1. The molecule has 0 aliphatic heterocycles. The SMILES string of the molecule is Cc1ccc(S(=O)(=O)NN(C)Cc2ccccc2)cc1. The van der Waals surface area contributed by atoms with Crippen LogP contribution in [0.2, 0.25) is 0 Å². The minimum Gasteiger partial charge on any atom is -0.229 e. The van der Waals surface area contributed by atoms with Crippen molar-refractivity contribution in [1.29, 1.82) is 0 Å². The average Bonchev–Trinajstić information content (AvgIpc) is 2.39. The number of rotatable bonds is 5. The second-order valence-electron chi connectivity index (χ2n) is 4.75. The number of hydrogen-bond donors (Lipinski definition) is 1. The Morgan fingerprint density at radius 1 is 1.00 bits per heavy atom. The van der Waals surface area contributed by atoms with Crippen LogP contribution >= 0.6 is 0 Å². The molecule has 106 valence electrons. The fraction of sp³-hybridized carbons (Fsp3) is 0.200. The normalized spacial score (nSPS) is 11.8. The van der Waals surface area contributed by atoms with E-state index in [1.165, 1.54) is 0 Å². The summed E-state index contributed by atoms with van der Waals surface area (Å²) in [5, 5.41) is 1.56. The van der Waals surface area contributed by atoms with Crippen molar-refractivity contribution in [2.75, 3.05) is 7.05 Å². The molecule has 5 heteroatoms. The topological polar surface area (TPSA) is 49.4 Å². The van der Waals surface area contributed by atoms with Gasteiger partial charge < -0.3 is 0 Å². The molecule has 4 nitrogen and oxygen atoms in total. The smallest absolute Gasteiger partial charge is 0.229 e. The molecular formula is C15H18N2O2S. The third kappa shape index (κ3) is 3.90. The van der Waals surface area contributed by atoms with Crippen molar-refractivity contribution in [2.45, 2.75) is 18.4 Å². The van der Waals surface area contributed by atoms with Crippen molar-refractivity contribution in [2.24, 2.45) is 0 Å². The summed E-state index contributed by atoms with van der Waals surface area (Å²) in [6, 6.07) is 16.5. The van der Waals surface area contributed by atoms with E-state index < -0.39 is 10.0 Å². The van der Waals surface area contributed by atoms with Crippen molar-refractivity contribution < 1.29 is 8.42 Å². The Labute approximate surface area is 120 Å². The molecule has 2 aromatic carbocycles. The fourth-order valence-corrected chi connectivity index (χ4v) is 2.94. The Bertz CT molecular complexity index is 652. The number of aryl methyl sites for hydroxylation is 1. The van der Waals surface area contributed by atoms with E-state index in [0.717, 1.165) is 11.1 Å². The second-order valence-corrected chi connectivity index (χ2v) is 6.41. The lowest BCUT2D eigenvalue weighted by Gasteiger charge is -2.18. The maximum Gasteiger partial charge on any atom is 0.253 e. The van der Waals surface area contributed by atoms with E-state index in [4.69, 9.17) is 0 Å². The Morgan fingerprint density at radius 2 is 1.60 bits per heavy atom. The van der Waals surface area contributed by atoms with Crippen LogP contribution in [0.1, 0.15) is 11.1 Å². The van der Waals surface area contributed by atoms with E-state index in [9.17, 15) is 8.42 Å². The van der Waals surface area contributed by atoms with Gasteiger partial charge in [-0.3, -0.25) is 0 Å². The van der Waals surface area contributed by atoms with Gasteiger partial charge in [0.2, 0.25) is 0 Å². The second kappa shape index (κ2) is 6.17. The van der Waals surface area contributed by atoms with Crippen LogP contribution in [0.4, 0.5) is 0 Å². The minimum absolute atomic E-state index is 0.267. The molecule has 0 saturated carbocycles. The molecule has 0 amide bonds. The summed E-state index contributed by atoms with van der Waals surface area (Å²) in [5.74, 6) is 0. The summed E-state index contributed by atoms with van der Waals surface area (Å²) in [4.78, 5) is 2.81. The zero-order chi connectivity index (χ0) is 14.6. The molecule has 0 fully saturated rings. The van der Waals surface area contributed by atoms with Crippen LogP contribution in [0.5, 0.6) is 0 Å². The van der Waals surface area contributed by atoms with E-state index in [-0.39, 0.29) is 4.90 Å². The van der Waals surface area contributed by atoms with Crippen LogP contribution in [0.3, 0.4) is 0 Å². The van der Waals surface area contributed by atoms with Crippen molar-refractivity contribution in [3.05, 3.63) is 65.7 Å². The standard InChI is InChI=1S/C15H18N2O2S/c1-13-8-10-15(11-9-13)20(18,19)16-17(2)12-14-6-4-3-5-7-14/h3-11,16H,12H2,1-2H3.